The summed E-state index contributed by atoms with van der Waals surface area (Å²) < 4.78 is 0. The monoisotopic (exact) mass is 316 g/mol. The molecule has 3 rings (SSSR count). The molecule has 1 aromatic heterocycles. The Hall–Kier alpha value is -2.04. The molecule has 21 heavy (non-hydrogen) atoms. The molecular weight excluding hydrogens is 304 g/mol. The molecule has 1 heterocycles. The van der Waals surface area contributed by atoms with E-state index in [1.54, 1.807) is 12.1 Å². The first-order chi connectivity index (χ1) is 10.1. The van der Waals surface area contributed by atoms with Crippen molar-refractivity contribution in [1.82, 2.24) is 4.98 Å². The molecule has 0 unspecified atom stereocenters. The molecule has 3 aromatic rings. The van der Waals surface area contributed by atoms with Crippen LogP contribution in [0.2, 0.25) is 5.02 Å². The van der Waals surface area contributed by atoms with Crippen molar-refractivity contribution in [2.45, 2.75) is 6.92 Å². The fraction of sp³-hybridized carbons (Fsp3) is 0.0625. The van der Waals surface area contributed by atoms with Gasteiger partial charge in [0.15, 0.2) is 5.13 Å². The molecule has 106 valence electrons. The molecule has 0 amide bonds. The zero-order valence-electron chi connectivity index (χ0n) is 11.3. The maximum absolute atomic E-state index is 9.32. The zero-order chi connectivity index (χ0) is 14.8. The first kappa shape index (κ1) is 13.9. The molecule has 0 aliphatic heterocycles. The number of phenolic OH excluding ortho intramolecular Hbond substituents is 1. The number of thiazole rings is 1. The van der Waals surface area contributed by atoms with Crippen LogP contribution in [-0.4, -0.2) is 10.1 Å². The minimum absolute atomic E-state index is 0.252. The predicted octanol–water partition coefficient (Wildman–Crippen LogP) is 5.22. The lowest BCUT2D eigenvalue weighted by Crippen LogP contribution is -1.92. The number of benzene rings is 2. The van der Waals surface area contributed by atoms with Crippen LogP contribution in [0.3, 0.4) is 0 Å². The van der Waals surface area contributed by atoms with E-state index in [-0.39, 0.29) is 5.75 Å². The third kappa shape index (κ3) is 3.17. The van der Waals surface area contributed by atoms with Crippen molar-refractivity contribution in [3.8, 4) is 17.0 Å². The second-order valence-corrected chi connectivity index (χ2v) is 5.96. The number of hydrogen-bond donors (Lipinski definition) is 2. The fourth-order valence-corrected chi connectivity index (χ4v) is 2.84. The van der Waals surface area contributed by atoms with Crippen LogP contribution in [0.5, 0.6) is 5.75 Å². The standard InChI is InChI=1S/C16H13ClN2OS/c1-10-2-5-12(17)8-14(10)18-16-19-15(9-21-16)11-3-6-13(20)7-4-11/h2-9,20H,1H3,(H,18,19). The molecule has 0 aliphatic rings. The maximum atomic E-state index is 9.32. The molecule has 0 aliphatic carbocycles. The Morgan fingerprint density at radius 2 is 1.90 bits per heavy atom. The molecule has 3 nitrogen and oxygen atoms in total. The van der Waals surface area contributed by atoms with Crippen LogP contribution in [0.25, 0.3) is 11.3 Å². The van der Waals surface area contributed by atoms with E-state index >= 15 is 0 Å². The van der Waals surface area contributed by atoms with Crippen LogP contribution < -0.4 is 5.32 Å². The summed E-state index contributed by atoms with van der Waals surface area (Å²) in [5.74, 6) is 0.252. The quantitative estimate of drug-likeness (QED) is 0.696. The molecule has 2 N–H and O–H groups in total. The predicted molar refractivity (Wildman–Crippen MR) is 88.7 cm³/mol. The van der Waals surface area contributed by atoms with Crippen molar-refractivity contribution in [3.63, 3.8) is 0 Å². The van der Waals surface area contributed by atoms with Crippen molar-refractivity contribution in [2.75, 3.05) is 5.32 Å². The Labute approximate surface area is 131 Å². The van der Waals surface area contributed by atoms with Crippen molar-refractivity contribution in [2.24, 2.45) is 0 Å². The van der Waals surface area contributed by atoms with E-state index in [9.17, 15) is 5.11 Å². The molecule has 0 bridgehead atoms. The molecule has 0 spiro atoms. The smallest absolute Gasteiger partial charge is 0.187 e. The number of hydrogen-bond acceptors (Lipinski definition) is 4. The Balaban J connectivity index is 1.85. The summed E-state index contributed by atoms with van der Waals surface area (Å²) >= 11 is 7.55. The highest BCUT2D eigenvalue weighted by Crippen LogP contribution is 2.30. The summed E-state index contributed by atoms with van der Waals surface area (Å²) in [6.07, 6.45) is 0. The third-order valence-corrected chi connectivity index (χ3v) is 4.10. The van der Waals surface area contributed by atoms with Gasteiger partial charge in [-0.05, 0) is 48.9 Å². The Morgan fingerprint density at radius 1 is 1.14 bits per heavy atom. The number of aromatic nitrogens is 1. The number of nitrogens with zero attached hydrogens (tertiary/aromatic N) is 1. The van der Waals surface area contributed by atoms with Crippen molar-refractivity contribution in [1.29, 1.82) is 0 Å². The first-order valence-electron chi connectivity index (χ1n) is 6.40. The first-order valence-corrected chi connectivity index (χ1v) is 7.66. The summed E-state index contributed by atoms with van der Waals surface area (Å²) in [5.41, 5.74) is 3.91. The molecule has 0 atom stereocenters. The van der Waals surface area contributed by atoms with E-state index in [0.29, 0.717) is 5.02 Å². The van der Waals surface area contributed by atoms with E-state index in [2.05, 4.69) is 10.3 Å². The Kier molecular flexibility index (Phi) is 3.82. The Bertz CT molecular complexity index is 768. The molecule has 0 radical (unpaired) electrons. The van der Waals surface area contributed by atoms with Crippen molar-refractivity contribution < 1.29 is 5.11 Å². The number of halogens is 1. The van der Waals surface area contributed by atoms with Crippen molar-refractivity contribution in [3.05, 3.63) is 58.4 Å². The van der Waals surface area contributed by atoms with Gasteiger partial charge in [-0.1, -0.05) is 17.7 Å². The largest absolute Gasteiger partial charge is 0.508 e. The summed E-state index contributed by atoms with van der Waals surface area (Å²) in [7, 11) is 0. The van der Waals surface area contributed by atoms with Crippen LogP contribution in [-0.2, 0) is 0 Å². The molecule has 0 fully saturated rings. The van der Waals surface area contributed by atoms with Crippen LogP contribution in [0.4, 0.5) is 10.8 Å². The van der Waals surface area contributed by atoms with E-state index in [0.717, 1.165) is 27.6 Å². The number of phenols is 1. The van der Waals surface area contributed by atoms with Crippen LogP contribution >= 0.6 is 22.9 Å². The van der Waals surface area contributed by atoms with Gasteiger partial charge >= 0.3 is 0 Å². The van der Waals surface area contributed by atoms with E-state index in [1.165, 1.54) is 11.3 Å². The Morgan fingerprint density at radius 3 is 2.67 bits per heavy atom. The molecular formula is C16H13ClN2OS. The van der Waals surface area contributed by atoms with Gasteiger partial charge in [-0.15, -0.1) is 11.3 Å². The van der Waals surface area contributed by atoms with E-state index in [1.807, 2.05) is 42.6 Å². The topological polar surface area (TPSA) is 45.2 Å². The van der Waals surface area contributed by atoms with Gasteiger partial charge in [0.25, 0.3) is 0 Å². The molecule has 2 aromatic carbocycles. The minimum atomic E-state index is 0.252. The van der Waals surface area contributed by atoms with Crippen LogP contribution in [0.15, 0.2) is 47.8 Å². The highest BCUT2D eigenvalue weighted by molar-refractivity contribution is 7.14. The van der Waals surface area contributed by atoms with Gasteiger partial charge in [-0.2, -0.15) is 0 Å². The lowest BCUT2D eigenvalue weighted by Gasteiger charge is -2.06. The van der Waals surface area contributed by atoms with Gasteiger partial charge in [-0.3, -0.25) is 0 Å². The normalized spacial score (nSPS) is 10.6. The highest BCUT2D eigenvalue weighted by Gasteiger charge is 2.06. The van der Waals surface area contributed by atoms with Crippen LogP contribution in [0.1, 0.15) is 5.56 Å². The number of rotatable bonds is 3. The second kappa shape index (κ2) is 5.76. The molecule has 0 saturated carbocycles. The maximum Gasteiger partial charge on any atom is 0.187 e. The average Bonchev–Trinajstić information content (AvgIpc) is 2.92. The van der Waals surface area contributed by atoms with Crippen molar-refractivity contribution >= 4 is 33.8 Å². The van der Waals surface area contributed by atoms with Gasteiger partial charge in [0, 0.05) is 21.7 Å². The van der Waals surface area contributed by atoms with Crippen LogP contribution in [0, 0.1) is 6.92 Å². The summed E-state index contributed by atoms with van der Waals surface area (Å²) in [6.45, 7) is 2.02. The minimum Gasteiger partial charge on any atom is -0.508 e. The fourth-order valence-electron chi connectivity index (χ4n) is 1.94. The van der Waals surface area contributed by atoms with E-state index < -0.39 is 0 Å². The third-order valence-electron chi connectivity index (χ3n) is 3.11. The zero-order valence-corrected chi connectivity index (χ0v) is 12.9. The van der Waals surface area contributed by atoms with Gasteiger partial charge in [0.2, 0.25) is 0 Å². The highest BCUT2D eigenvalue weighted by atomic mass is 35.5. The van der Waals surface area contributed by atoms with Gasteiger partial charge < -0.3 is 10.4 Å². The lowest BCUT2D eigenvalue weighted by atomic mass is 10.2. The number of aromatic hydroxyl groups is 1. The van der Waals surface area contributed by atoms with Gasteiger partial charge in [0.1, 0.15) is 5.75 Å². The summed E-state index contributed by atoms with van der Waals surface area (Å²) in [4.78, 5) is 4.56. The summed E-state index contributed by atoms with van der Waals surface area (Å²) in [6, 6.07) is 12.7. The number of nitrogens with one attached hydrogen (secondary N) is 1. The number of aryl methyl sites for hydroxylation is 1. The molecule has 0 saturated heterocycles. The average molecular weight is 317 g/mol. The van der Waals surface area contributed by atoms with E-state index in [4.69, 9.17) is 11.6 Å². The van der Waals surface area contributed by atoms with Gasteiger partial charge in [-0.25, -0.2) is 4.98 Å². The lowest BCUT2D eigenvalue weighted by molar-refractivity contribution is 0.475. The SMILES string of the molecule is Cc1ccc(Cl)cc1Nc1nc(-c2ccc(O)cc2)cs1. The molecule has 5 heteroatoms. The second-order valence-electron chi connectivity index (χ2n) is 4.67. The number of anilines is 2. The van der Waals surface area contributed by atoms with Gasteiger partial charge in [0.05, 0.1) is 5.69 Å². The summed E-state index contributed by atoms with van der Waals surface area (Å²) in [5, 5.41) is 16.1.